The number of hydrogen-bond donors (Lipinski definition) is 1. The zero-order chi connectivity index (χ0) is 17.2. The lowest BCUT2D eigenvalue weighted by Gasteiger charge is -2.44. The van der Waals surface area contributed by atoms with Gasteiger partial charge in [0.1, 0.15) is 0 Å². The highest BCUT2D eigenvalue weighted by atomic mass is 28.4. The molecule has 2 atom stereocenters. The van der Waals surface area contributed by atoms with Crippen molar-refractivity contribution in [1.82, 2.24) is 0 Å². The van der Waals surface area contributed by atoms with Crippen molar-refractivity contribution in [2.24, 2.45) is 0 Å². The van der Waals surface area contributed by atoms with Crippen molar-refractivity contribution < 1.29 is 14.3 Å². The van der Waals surface area contributed by atoms with Crippen LogP contribution in [0, 0.1) is 0 Å². The molecule has 0 aromatic heterocycles. The summed E-state index contributed by atoms with van der Waals surface area (Å²) in [5.41, 5.74) is 0. The average Bonchev–Trinajstić information content (AvgIpc) is 2.98. The summed E-state index contributed by atoms with van der Waals surface area (Å²) >= 11 is 0. The number of aliphatic hydroxyl groups is 1. The van der Waals surface area contributed by atoms with Crippen LogP contribution in [-0.2, 0) is 9.16 Å². The van der Waals surface area contributed by atoms with Gasteiger partial charge in [-0.15, -0.1) is 0 Å². The van der Waals surface area contributed by atoms with Crippen molar-refractivity contribution in [3.63, 3.8) is 0 Å². The Balaban J connectivity index is 2.14. The standard InChI is InChI=1S/C20H26O3Si/c1-20(2,3)24(17-10-6-4-7-11-17,18-12-8-5-9-13-18)23-16-14-19(21)22-15-16/h4-13,16,19,21H,14-15H2,1-3H3/t16-,19?/m0/s1. The highest BCUT2D eigenvalue weighted by molar-refractivity contribution is 6.99. The molecule has 0 radical (unpaired) electrons. The van der Waals surface area contributed by atoms with Crippen LogP contribution in [0.25, 0.3) is 0 Å². The third-order valence-electron chi connectivity index (χ3n) is 4.70. The van der Waals surface area contributed by atoms with E-state index in [1.54, 1.807) is 0 Å². The van der Waals surface area contributed by atoms with Gasteiger partial charge in [0.05, 0.1) is 12.7 Å². The van der Waals surface area contributed by atoms with E-state index < -0.39 is 14.6 Å². The normalized spacial score (nSPS) is 21.8. The molecule has 1 aliphatic rings. The van der Waals surface area contributed by atoms with Gasteiger partial charge in [-0.1, -0.05) is 81.4 Å². The molecule has 1 N–H and O–H groups in total. The van der Waals surface area contributed by atoms with Crippen LogP contribution >= 0.6 is 0 Å². The summed E-state index contributed by atoms with van der Waals surface area (Å²) in [5.74, 6) is 0. The molecule has 3 nitrogen and oxygen atoms in total. The van der Waals surface area contributed by atoms with E-state index in [1.807, 2.05) is 12.1 Å². The molecule has 0 spiro atoms. The quantitative estimate of drug-likeness (QED) is 0.868. The summed E-state index contributed by atoms with van der Waals surface area (Å²) in [6.07, 6.45) is -0.260. The van der Waals surface area contributed by atoms with Gasteiger partial charge in [-0.2, -0.15) is 0 Å². The summed E-state index contributed by atoms with van der Waals surface area (Å²) in [6.45, 7) is 7.22. The van der Waals surface area contributed by atoms with Crippen LogP contribution in [0.2, 0.25) is 5.04 Å². The zero-order valence-electron chi connectivity index (χ0n) is 14.6. The number of rotatable bonds is 4. The van der Waals surface area contributed by atoms with Crippen LogP contribution in [0.1, 0.15) is 27.2 Å². The predicted octanol–water partition coefficient (Wildman–Crippen LogP) is 2.67. The fourth-order valence-electron chi connectivity index (χ4n) is 3.60. The Morgan fingerprint density at radius 1 is 0.958 bits per heavy atom. The second-order valence-electron chi connectivity index (χ2n) is 7.43. The number of benzene rings is 2. The van der Waals surface area contributed by atoms with E-state index in [2.05, 4.69) is 69.3 Å². The number of hydrogen-bond acceptors (Lipinski definition) is 3. The van der Waals surface area contributed by atoms with E-state index in [0.717, 1.165) is 0 Å². The lowest BCUT2D eigenvalue weighted by molar-refractivity contribution is -0.0594. The van der Waals surface area contributed by atoms with E-state index in [1.165, 1.54) is 10.4 Å². The van der Waals surface area contributed by atoms with Gasteiger partial charge in [-0.25, -0.2) is 0 Å². The maximum absolute atomic E-state index is 9.75. The Kier molecular flexibility index (Phi) is 4.92. The Morgan fingerprint density at radius 2 is 1.46 bits per heavy atom. The largest absolute Gasteiger partial charge is 0.402 e. The molecule has 1 saturated heterocycles. The first kappa shape index (κ1) is 17.4. The molecule has 4 heteroatoms. The zero-order valence-corrected chi connectivity index (χ0v) is 15.6. The molecule has 3 rings (SSSR count). The summed E-state index contributed by atoms with van der Waals surface area (Å²) in [7, 11) is -2.54. The molecule has 1 aliphatic heterocycles. The first-order chi connectivity index (χ1) is 11.4. The second kappa shape index (κ2) is 6.80. The molecule has 2 aromatic rings. The Bertz CT molecular complexity index is 612. The molecular formula is C20H26O3Si. The lowest BCUT2D eigenvalue weighted by atomic mass is 10.2. The van der Waals surface area contributed by atoms with Gasteiger partial charge in [0.15, 0.2) is 6.29 Å². The molecule has 128 valence electrons. The van der Waals surface area contributed by atoms with Crippen LogP contribution in [0.3, 0.4) is 0 Å². The van der Waals surface area contributed by atoms with Crippen molar-refractivity contribution in [3.05, 3.63) is 60.7 Å². The van der Waals surface area contributed by atoms with Gasteiger partial charge in [0, 0.05) is 6.42 Å². The van der Waals surface area contributed by atoms with E-state index >= 15 is 0 Å². The predicted molar refractivity (Wildman–Crippen MR) is 99.1 cm³/mol. The minimum absolute atomic E-state index is 0.0523. The van der Waals surface area contributed by atoms with Crippen LogP contribution in [-0.4, -0.2) is 32.4 Å². The van der Waals surface area contributed by atoms with Gasteiger partial charge in [0.2, 0.25) is 0 Å². The average molecular weight is 343 g/mol. The first-order valence-corrected chi connectivity index (χ1v) is 10.4. The molecule has 1 unspecified atom stereocenters. The molecule has 1 fully saturated rings. The van der Waals surface area contributed by atoms with Gasteiger partial charge in [-0.05, 0) is 15.4 Å². The highest BCUT2D eigenvalue weighted by Gasteiger charge is 2.52. The Labute approximate surface area is 145 Å². The summed E-state index contributed by atoms with van der Waals surface area (Å²) < 4.78 is 12.2. The Morgan fingerprint density at radius 3 is 1.83 bits per heavy atom. The van der Waals surface area contributed by atoms with E-state index in [9.17, 15) is 5.11 Å². The van der Waals surface area contributed by atoms with Crippen molar-refractivity contribution in [1.29, 1.82) is 0 Å². The third kappa shape index (κ3) is 3.19. The minimum Gasteiger partial charge on any atom is -0.402 e. The monoisotopic (exact) mass is 342 g/mol. The number of ether oxygens (including phenoxy) is 1. The summed E-state index contributed by atoms with van der Waals surface area (Å²) in [5, 5.41) is 12.2. The van der Waals surface area contributed by atoms with Crippen molar-refractivity contribution in [2.75, 3.05) is 6.61 Å². The van der Waals surface area contributed by atoms with Gasteiger partial charge >= 0.3 is 0 Å². The molecule has 1 heterocycles. The summed E-state index contributed by atoms with van der Waals surface area (Å²) in [6, 6.07) is 21.1. The molecule has 24 heavy (non-hydrogen) atoms. The fourth-order valence-corrected chi connectivity index (χ4v) is 8.28. The lowest BCUT2D eigenvalue weighted by Crippen LogP contribution is -2.67. The van der Waals surface area contributed by atoms with Crippen LogP contribution in [0.15, 0.2) is 60.7 Å². The van der Waals surface area contributed by atoms with Gasteiger partial charge < -0.3 is 14.3 Å². The molecular weight excluding hydrogens is 316 g/mol. The topological polar surface area (TPSA) is 38.7 Å². The molecule has 0 saturated carbocycles. The highest BCUT2D eigenvalue weighted by Crippen LogP contribution is 2.38. The molecule has 0 aliphatic carbocycles. The Hall–Kier alpha value is -1.46. The van der Waals surface area contributed by atoms with Crippen molar-refractivity contribution in [2.45, 2.75) is 44.6 Å². The molecule has 2 aromatic carbocycles. The maximum Gasteiger partial charge on any atom is 0.261 e. The maximum atomic E-state index is 9.75. The first-order valence-electron chi connectivity index (χ1n) is 8.52. The smallest absolute Gasteiger partial charge is 0.261 e. The fraction of sp³-hybridized carbons (Fsp3) is 0.400. The SMILES string of the molecule is CC(C)(C)[Si](O[C@@H]1COC(O)C1)(c1ccccc1)c1ccccc1. The summed E-state index contributed by atoms with van der Waals surface area (Å²) in [4.78, 5) is 0. The van der Waals surface area contributed by atoms with E-state index in [-0.39, 0.29) is 11.1 Å². The van der Waals surface area contributed by atoms with Crippen molar-refractivity contribution in [3.8, 4) is 0 Å². The molecule has 0 bridgehead atoms. The van der Waals surface area contributed by atoms with Crippen LogP contribution in [0.5, 0.6) is 0 Å². The van der Waals surface area contributed by atoms with Crippen molar-refractivity contribution >= 4 is 18.7 Å². The van der Waals surface area contributed by atoms with Gasteiger partial charge in [-0.3, -0.25) is 0 Å². The molecule has 0 amide bonds. The second-order valence-corrected chi connectivity index (χ2v) is 11.7. The van der Waals surface area contributed by atoms with Crippen LogP contribution < -0.4 is 10.4 Å². The number of aliphatic hydroxyl groups excluding tert-OH is 1. The minimum atomic E-state index is -2.54. The van der Waals surface area contributed by atoms with E-state index in [4.69, 9.17) is 9.16 Å². The van der Waals surface area contributed by atoms with Crippen LogP contribution in [0.4, 0.5) is 0 Å². The third-order valence-corrected chi connectivity index (χ3v) is 9.79. The van der Waals surface area contributed by atoms with E-state index in [0.29, 0.717) is 13.0 Å². The van der Waals surface area contributed by atoms with Gasteiger partial charge in [0.25, 0.3) is 8.32 Å².